The molecule has 0 fully saturated rings. The van der Waals surface area contributed by atoms with Crippen molar-refractivity contribution in [2.24, 2.45) is 10.7 Å². The third kappa shape index (κ3) is 3.81. The van der Waals surface area contributed by atoms with Crippen LogP contribution in [0, 0.1) is 22.7 Å². The van der Waals surface area contributed by atoms with Crippen LogP contribution in [0.15, 0.2) is 28.5 Å². The molecule has 1 rings (SSSR count). The van der Waals surface area contributed by atoms with Crippen LogP contribution in [0.5, 0.6) is 17.2 Å². The second-order valence-corrected chi connectivity index (χ2v) is 3.80. The third-order valence-electron chi connectivity index (χ3n) is 2.57. The lowest BCUT2D eigenvalue weighted by Crippen LogP contribution is -2.01. The highest BCUT2D eigenvalue weighted by Crippen LogP contribution is 2.39. The van der Waals surface area contributed by atoms with Crippen LogP contribution < -0.4 is 25.3 Å². The van der Waals surface area contributed by atoms with E-state index >= 15 is 0 Å². The first-order valence-electron chi connectivity index (χ1n) is 6.00. The molecule has 0 bridgehead atoms. The monoisotopic (exact) mass is 301 g/mol. The van der Waals surface area contributed by atoms with E-state index in [-0.39, 0.29) is 11.4 Å². The molecule has 0 saturated heterocycles. The topological polar surface area (TPSA) is 126 Å². The van der Waals surface area contributed by atoms with Gasteiger partial charge in [0.25, 0.3) is 0 Å². The van der Waals surface area contributed by atoms with E-state index in [4.69, 9.17) is 30.5 Å². The largest absolute Gasteiger partial charge is 0.493 e. The maximum absolute atomic E-state index is 8.82. The van der Waals surface area contributed by atoms with Crippen LogP contribution in [-0.4, -0.2) is 27.7 Å². The molecule has 3 N–H and O–H groups in total. The van der Waals surface area contributed by atoms with Gasteiger partial charge in [0.05, 0.1) is 27.7 Å². The lowest BCUT2D eigenvalue weighted by molar-refractivity contribution is 0.324. The van der Waals surface area contributed by atoms with E-state index in [0.29, 0.717) is 22.9 Å². The van der Waals surface area contributed by atoms with Crippen molar-refractivity contribution in [1.29, 1.82) is 10.5 Å². The van der Waals surface area contributed by atoms with Crippen molar-refractivity contribution >= 4 is 12.0 Å². The number of nitrogens with zero attached hydrogens (tertiary/aromatic N) is 3. The quantitative estimate of drug-likeness (QED) is 0.461. The molecule has 22 heavy (non-hydrogen) atoms. The van der Waals surface area contributed by atoms with Gasteiger partial charge in [-0.05, 0) is 0 Å². The summed E-state index contributed by atoms with van der Waals surface area (Å²) < 4.78 is 15.6. The van der Waals surface area contributed by atoms with Gasteiger partial charge >= 0.3 is 0 Å². The highest BCUT2D eigenvalue weighted by atomic mass is 16.5. The number of hydrogen-bond donors (Lipinski definition) is 2. The highest BCUT2D eigenvalue weighted by Gasteiger charge is 2.12. The zero-order chi connectivity index (χ0) is 16.5. The lowest BCUT2D eigenvalue weighted by atomic mass is 10.2. The van der Waals surface area contributed by atoms with E-state index in [0.717, 1.165) is 0 Å². The average molecular weight is 301 g/mol. The molecule has 114 valence electrons. The van der Waals surface area contributed by atoms with Gasteiger partial charge in [0.15, 0.2) is 17.2 Å². The van der Waals surface area contributed by atoms with E-state index in [1.54, 1.807) is 24.3 Å². The number of allylic oxidation sites excluding steroid dienone is 2. The van der Waals surface area contributed by atoms with E-state index in [2.05, 4.69) is 10.3 Å². The summed E-state index contributed by atoms with van der Waals surface area (Å²) in [6, 6.07) is 6.71. The predicted molar refractivity (Wildman–Crippen MR) is 80.7 cm³/mol. The van der Waals surface area contributed by atoms with Crippen molar-refractivity contribution in [2.45, 2.75) is 0 Å². The van der Waals surface area contributed by atoms with Crippen LogP contribution >= 0.6 is 0 Å². The minimum atomic E-state index is -0.259. The van der Waals surface area contributed by atoms with Crippen LogP contribution in [0.25, 0.3) is 0 Å². The number of hydrogen-bond acceptors (Lipinski definition) is 7. The molecule has 8 heteroatoms. The van der Waals surface area contributed by atoms with Gasteiger partial charge in [-0.15, -0.1) is 0 Å². The summed E-state index contributed by atoms with van der Waals surface area (Å²) in [5.74, 6) is 1.38. The number of benzene rings is 1. The van der Waals surface area contributed by atoms with Crippen LogP contribution in [0.2, 0.25) is 0 Å². The van der Waals surface area contributed by atoms with Crippen LogP contribution in [0.1, 0.15) is 0 Å². The second kappa shape index (κ2) is 8.02. The normalized spacial score (nSPS) is 11.1. The summed E-state index contributed by atoms with van der Waals surface area (Å²) in [5, 5.41) is 20.3. The van der Waals surface area contributed by atoms with Gasteiger partial charge in [-0.1, -0.05) is 0 Å². The average Bonchev–Trinajstić information content (AvgIpc) is 2.56. The standard InChI is InChI=1S/C14H15N5O3/c1-20-12-4-9(5-13(21-2)14(12)22-3)18-8-19-11(7-16)10(17)6-15/h4-5,8H,17H2,1-3H3,(H,18,19). The Hall–Kier alpha value is -3.39. The zero-order valence-corrected chi connectivity index (χ0v) is 12.4. The van der Waals surface area contributed by atoms with Crippen molar-refractivity contribution in [3.05, 3.63) is 23.5 Å². The number of nitriles is 2. The minimum Gasteiger partial charge on any atom is -0.493 e. The van der Waals surface area contributed by atoms with Crippen LogP contribution in [-0.2, 0) is 0 Å². The highest BCUT2D eigenvalue weighted by molar-refractivity contribution is 5.79. The summed E-state index contributed by atoms with van der Waals surface area (Å²) in [6.07, 6.45) is 1.24. The first-order chi connectivity index (χ1) is 10.6. The summed E-state index contributed by atoms with van der Waals surface area (Å²) in [7, 11) is 4.50. The van der Waals surface area contributed by atoms with Crippen LogP contribution in [0.4, 0.5) is 5.69 Å². The molecule has 0 spiro atoms. The van der Waals surface area contributed by atoms with Gasteiger partial charge < -0.3 is 25.3 Å². The van der Waals surface area contributed by atoms with Gasteiger partial charge in [0, 0.05) is 17.8 Å². The number of anilines is 1. The zero-order valence-electron chi connectivity index (χ0n) is 12.4. The maximum atomic E-state index is 8.82. The molecule has 0 aliphatic heterocycles. The van der Waals surface area contributed by atoms with E-state index in [1.165, 1.54) is 27.7 Å². The van der Waals surface area contributed by atoms with Crippen molar-refractivity contribution in [2.75, 3.05) is 26.6 Å². The van der Waals surface area contributed by atoms with Crippen molar-refractivity contribution in [3.8, 4) is 29.4 Å². The molecule has 1 aromatic carbocycles. The summed E-state index contributed by atoms with van der Waals surface area (Å²) in [5.41, 5.74) is 5.49. The molecule has 8 nitrogen and oxygen atoms in total. The van der Waals surface area contributed by atoms with Crippen molar-refractivity contribution < 1.29 is 14.2 Å². The Morgan fingerprint density at radius 1 is 1.14 bits per heavy atom. The molecule has 0 aromatic heterocycles. The fourth-order valence-corrected chi connectivity index (χ4v) is 1.55. The molecule has 0 unspecified atom stereocenters. The first-order valence-corrected chi connectivity index (χ1v) is 6.00. The Bertz CT molecular complexity index is 658. The van der Waals surface area contributed by atoms with Gasteiger partial charge in [-0.25, -0.2) is 4.99 Å². The van der Waals surface area contributed by atoms with Gasteiger partial charge in [0.2, 0.25) is 5.75 Å². The minimum absolute atomic E-state index is 0.178. The van der Waals surface area contributed by atoms with Crippen LogP contribution in [0.3, 0.4) is 0 Å². The van der Waals surface area contributed by atoms with E-state index < -0.39 is 0 Å². The summed E-state index contributed by atoms with van der Waals surface area (Å²) in [4.78, 5) is 3.78. The fraction of sp³-hybridized carbons (Fsp3) is 0.214. The Kier molecular flexibility index (Phi) is 6.08. The smallest absolute Gasteiger partial charge is 0.203 e. The van der Waals surface area contributed by atoms with E-state index in [1.807, 2.05) is 0 Å². The third-order valence-corrected chi connectivity index (χ3v) is 2.57. The fourth-order valence-electron chi connectivity index (χ4n) is 1.55. The van der Waals surface area contributed by atoms with Gasteiger partial charge in [-0.3, -0.25) is 0 Å². The molecule has 0 radical (unpaired) electrons. The van der Waals surface area contributed by atoms with E-state index in [9.17, 15) is 0 Å². The number of aliphatic imine (C=N–C) groups is 1. The molecule has 0 amide bonds. The van der Waals surface area contributed by atoms with Crippen molar-refractivity contribution in [3.63, 3.8) is 0 Å². The number of methoxy groups -OCH3 is 3. The molecule has 0 atom stereocenters. The number of nitrogens with two attached hydrogens (primary N) is 1. The Labute approximate surface area is 128 Å². The van der Waals surface area contributed by atoms with Crippen molar-refractivity contribution in [1.82, 2.24) is 0 Å². The first kappa shape index (κ1) is 16.7. The molecule has 0 aliphatic rings. The molecule has 1 aromatic rings. The molecule has 0 heterocycles. The molecule has 0 saturated carbocycles. The SMILES string of the molecule is COc1cc(NC=NC(C#N)=C(N)C#N)cc(OC)c1OC. The second-order valence-electron chi connectivity index (χ2n) is 3.80. The number of ether oxygens (including phenoxy) is 3. The Morgan fingerprint density at radius 2 is 1.73 bits per heavy atom. The predicted octanol–water partition coefficient (Wildman–Crippen LogP) is 1.37. The Morgan fingerprint density at radius 3 is 2.14 bits per heavy atom. The molecule has 0 aliphatic carbocycles. The number of rotatable bonds is 6. The van der Waals surface area contributed by atoms with Gasteiger partial charge in [0.1, 0.15) is 17.8 Å². The molecular weight excluding hydrogens is 286 g/mol. The summed E-state index contributed by atoms with van der Waals surface area (Å²) in [6.45, 7) is 0. The maximum Gasteiger partial charge on any atom is 0.203 e. The lowest BCUT2D eigenvalue weighted by Gasteiger charge is -2.13. The Balaban J connectivity index is 3.06. The molecular formula is C14H15N5O3. The number of nitrogens with one attached hydrogen (secondary N) is 1. The summed E-state index contributed by atoms with van der Waals surface area (Å²) >= 11 is 0. The van der Waals surface area contributed by atoms with Gasteiger partial charge in [-0.2, -0.15) is 10.5 Å².